The molecule has 0 atom stereocenters. The summed E-state index contributed by atoms with van der Waals surface area (Å²) < 4.78 is 5.32. The quantitative estimate of drug-likeness (QED) is 0.753. The molecule has 0 spiro atoms. The molecule has 68 valence electrons. The fourth-order valence-corrected chi connectivity index (χ4v) is 0.977. The zero-order valence-electron chi connectivity index (χ0n) is 7.19. The van der Waals surface area contributed by atoms with Crippen molar-refractivity contribution >= 4 is 0 Å². The molecule has 2 heterocycles. The number of hydrogen-bond acceptors (Lipinski definition) is 5. The number of rotatable bonds is 3. The van der Waals surface area contributed by atoms with Crippen molar-refractivity contribution in [3.8, 4) is 11.6 Å². The fraction of sp³-hybridized carbons (Fsp3) is 0.429. The Morgan fingerprint density at radius 2 is 2.38 bits per heavy atom. The van der Waals surface area contributed by atoms with Gasteiger partial charge < -0.3 is 4.42 Å². The van der Waals surface area contributed by atoms with Crippen molar-refractivity contribution in [2.45, 2.75) is 19.8 Å². The van der Waals surface area contributed by atoms with E-state index in [0.717, 1.165) is 12.8 Å². The average molecular weight is 179 g/mol. The Balaban J connectivity index is 2.23. The minimum Gasteiger partial charge on any atom is -0.419 e. The van der Waals surface area contributed by atoms with Crippen molar-refractivity contribution in [1.29, 1.82) is 0 Å². The Morgan fingerprint density at radius 1 is 1.46 bits per heavy atom. The first kappa shape index (κ1) is 7.90. The highest BCUT2D eigenvalue weighted by Gasteiger charge is 2.09. The van der Waals surface area contributed by atoms with E-state index in [1.54, 1.807) is 6.20 Å². The number of nitrogens with one attached hydrogen (secondary N) is 1. The monoisotopic (exact) mass is 179 g/mol. The summed E-state index contributed by atoms with van der Waals surface area (Å²) >= 11 is 0. The summed E-state index contributed by atoms with van der Waals surface area (Å²) in [6.45, 7) is 2.06. The van der Waals surface area contributed by atoms with Crippen LogP contribution in [0.5, 0.6) is 0 Å². The molecule has 6 heteroatoms. The van der Waals surface area contributed by atoms with E-state index in [9.17, 15) is 0 Å². The summed E-state index contributed by atoms with van der Waals surface area (Å²) in [5.74, 6) is 1.05. The predicted molar refractivity (Wildman–Crippen MR) is 43.7 cm³/mol. The number of hydrogen-bond donors (Lipinski definition) is 1. The lowest BCUT2D eigenvalue weighted by Crippen LogP contribution is -1.80. The molecule has 1 N–H and O–H groups in total. The van der Waals surface area contributed by atoms with E-state index >= 15 is 0 Å². The van der Waals surface area contributed by atoms with Gasteiger partial charge in [0.05, 0.1) is 6.20 Å². The van der Waals surface area contributed by atoms with Gasteiger partial charge in [0.2, 0.25) is 5.89 Å². The topological polar surface area (TPSA) is 80.5 Å². The number of nitrogens with zero attached hydrogens (tertiary/aromatic N) is 4. The summed E-state index contributed by atoms with van der Waals surface area (Å²) in [6.07, 6.45) is 3.33. The fourth-order valence-electron chi connectivity index (χ4n) is 0.977. The third kappa shape index (κ3) is 1.56. The maximum absolute atomic E-state index is 5.32. The van der Waals surface area contributed by atoms with Crippen molar-refractivity contribution < 1.29 is 4.42 Å². The van der Waals surface area contributed by atoms with Gasteiger partial charge in [0.25, 0.3) is 5.89 Å². The molecule has 0 saturated carbocycles. The first-order valence-corrected chi connectivity index (χ1v) is 4.08. The van der Waals surface area contributed by atoms with Crippen LogP contribution >= 0.6 is 0 Å². The molecule has 0 unspecified atom stereocenters. The minimum absolute atomic E-state index is 0.414. The van der Waals surface area contributed by atoms with Crippen LogP contribution in [0.2, 0.25) is 0 Å². The summed E-state index contributed by atoms with van der Waals surface area (Å²) in [5, 5.41) is 17.7. The van der Waals surface area contributed by atoms with E-state index in [0.29, 0.717) is 17.5 Å². The van der Waals surface area contributed by atoms with E-state index in [1.165, 1.54) is 0 Å². The van der Waals surface area contributed by atoms with Crippen LogP contribution in [0, 0.1) is 0 Å². The van der Waals surface area contributed by atoms with Crippen LogP contribution in [0.1, 0.15) is 19.2 Å². The van der Waals surface area contributed by atoms with Gasteiger partial charge in [-0.05, 0) is 6.42 Å². The van der Waals surface area contributed by atoms with Crippen LogP contribution in [-0.4, -0.2) is 25.6 Å². The molecule has 2 aromatic heterocycles. The second-order valence-electron chi connectivity index (χ2n) is 2.61. The van der Waals surface area contributed by atoms with E-state index in [4.69, 9.17) is 4.42 Å². The van der Waals surface area contributed by atoms with Crippen molar-refractivity contribution in [2.24, 2.45) is 0 Å². The van der Waals surface area contributed by atoms with E-state index in [-0.39, 0.29) is 0 Å². The first-order valence-electron chi connectivity index (χ1n) is 4.08. The number of aromatic amines is 1. The maximum atomic E-state index is 5.32. The minimum atomic E-state index is 0.414. The molecule has 0 aliphatic carbocycles. The van der Waals surface area contributed by atoms with Crippen LogP contribution in [0.25, 0.3) is 11.6 Å². The Labute approximate surface area is 74.4 Å². The molecule has 0 bridgehead atoms. The first-order chi connectivity index (χ1) is 6.40. The molecule has 0 fully saturated rings. The Hall–Kier alpha value is -1.72. The van der Waals surface area contributed by atoms with E-state index < -0.39 is 0 Å². The molecule has 13 heavy (non-hydrogen) atoms. The zero-order chi connectivity index (χ0) is 9.10. The normalized spacial score (nSPS) is 10.5. The summed E-state index contributed by atoms with van der Waals surface area (Å²) in [4.78, 5) is 0. The predicted octanol–water partition coefficient (Wildman–Crippen LogP) is 0.807. The molecule has 6 nitrogen and oxygen atoms in total. The standard InChI is InChI=1S/C7H9N5O/c1-2-3-6-10-11-7(13-6)5-4-8-12-9-5/h4H,2-3H2,1H3,(H,8,9,12). The lowest BCUT2D eigenvalue weighted by Gasteiger charge is -1.85. The van der Waals surface area contributed by atoms with Crippen molar-refractivity contribution in [2.75, 3.05) is 0 Å². The summed E-state index contributed by atoms with van der Waals surface area (Å²) in [7, 11) is 0. The van der Waals surface area contributed by atoms with Gasteiger partial charge in [-0.15, -0.1) is 10.2 Å². The number of H-pyrrole nitrogens is 1. The maximum Gasteiger partial charge on any atom is 0.269 e. The SMILES string of the molecule is CCCc1nnc(-c2cn[nH]n2)o1. The highest BCUT2D eigenvalue weighted by atomic mass is 16.4. The molecule has 0 amide bonds. The Kier molecular flexibility index (Phi) is 2.03. The Morgan fingerprint density at radius 3 is 3.08 bits per heavy atom. The highest BCUT2D eigenvalue weighted by molar-refractivity contribution is 5.42. The van der Waals surface area contributed by atoms with Crippen molar-refractivity contribution in [1.82, 2.24) is 25.6 Å². The van der Waals surface area contributed by atoms with Gasteiger partial charge in [-0.25, -0.2) is 0 Å². The summed E-state index contributed by atoms with van der Waals surface area (Å²) in [6, 6.07) is 0. The molecular formula is C7H9N5O. The smallest absolute Gasteiger partial charge is 0.269 e. The molecule has 2 rings (SSSR count). The molecule has 0 aliphatic rings. The van der Waals surface area contributed by atoms with Crippen LogP contribution in [0.15, 0.2) is 10.6 Å². The van der Waals surface area contributed by atoms with Crippen molar-refractivity contribution in [3.63, 3.8) is 0 Å². The van der Waals surface area contributed by atoms with Gasteiger partial charge >= 0.3 is 0 Å². The lowest BCUT2D eigenvalue weighted by molar-refractivity contribution is 0.500. The molecule has 0 radical (unpaired) electrons. The molecule has 0 aromatic carbocycles. The molecule has 0 aliphatic heterocycles. The lowest BCUT2D eigenvalue weighted by atomic mass is 10.3. The van der Waals surface area contributed by atoms with Crippen LogP contribution < -0.4 is 0 Å². The largest absolute Gasteiger partial charge is 0.419 e. The van der Waals surface area contributed by atoms with Gasteiger partial charge in [0, 0.05) is 6.42 Å². The second-order valence-corrected chi connectivity index (χ2v) is 2.61. The third-order valence-electron chi connectivity index (χ3n) is 1.56. The van der Waals surface area contributed by atoms with Gasteiger partial charge in [0.15, 0.2) is 5.69 Å². The summed E-state index contributed by atoms with van der Waals surface area (Å²) in [5.41, 5.74) is 0.579. The van der Waals surface area contributed by atoms with Crippen LogP contribution in [-0.2, 0) is 6.42 Å². The molecular weight excluding hydrogens is 170 g/mol. The van der Waals surface area contributed by atoms with Gasteiger partial charge in [0.1, 0.15) is 0 Å². The number of aryl methyl sites for hydroxylation is 1. The average Bonchev–Trinajstić information content (AvgIpc) is 2.70. The number of aromatic nitrogens is 5. The van der Waals surface area contributed by atoms with Gasteiger partial charge in [-0.3, -0.25) is 0 Å². The van der Waals surface area contributed by atoms with E-state index in [1.807, 2.05) is 0 Å². The second kappa shape index (κ2) is 3.34. The molecule has 2 aromatic rings. The zero-order valence-corrected chi connectivity index (χ0v) is 7.19. The van der Waals surface area contributed by atoms with Crippen molar-refractivity contribution in [3.05, 3.63) is 12.1 Å². The van der Waals surface area contributed by atoms with Crippen LogP contribution in [0.4, 0.5) is 0 Å². The van der Waals surface area contributed by atoms with Crippen LogP contribution in [0.3, 0.4) is 0 Å². The third-order valence-corrected chi connectivity index (χ3v) is 1.56. The highest BCUT2D eigenvalue weighted by Crippen LogP contribution is 2.13. The van der Waals surface area contributed by atoms with Gasteiger partial charge in [-0.1, -0.05) is 6.92 Å². The van der Waals surface area contributed by atoms with E-state index in [2.05, 4.69) is 32.5 Å². The molecule has 0 saturated heterocycles. The van der Waals surface area contributed by atoms with Gasteiger partial charge in [-0.2, -0.15) is 15.4 Å². The Bertz CT molecular complexity index is 366.